The number of hydrogen-bond donors (Lipinski definition) is 1. The molecule has 0 saturated heterocycles. The van der Waals surface area contributed by atoms with Gasteiger partial charge >= 0.3 is 0 Å². The molecule has 0 fully saturated rings. The number of amides is 1. The summed E-state index contributed by atoms with van der Waals surface area (Å²) >= 11 is 0. The number of rotatable bonds is 1. The average Bonchev–Trinajstić information content (AvgIpc) is 1.95. The fourth-order valence-corrected chi connectivity index (χ4v) is 1.02. The van der Waals surface area contributed by atoms with Crippen molar-refractivity contribution in [2.75, 3.05) is 0 Å². The molecule has 0 aromatic heterocycles. The van der Waals surface area contributed by atoms with Crippen molar-refractivity contribution < 1.29 is 10.0 Å². The Labute approximate surface area is 59.9 Å². The van der Waals surface area contributed by atoms with E-state index in [2.05, 4.69) is 0 Å². The van der Waals surface area contributed by atoms with Crippen LogP contribution in [0.2, 0.25) is 0 Å². The third-order valence-electron chi connectivity index (χ3n) is 1.71. The quantitative estimate of drug-likeness (QED) is 0.552. The Morgan fingerprint density at radius 1 is 1.90 bits per heavy atom. The highest BCUT2D eigenvalue weighted by atomic mass is 16.5. The zero-order valence-electron chi connectivity index (χ0n) is 5.95. The van der Waals surface area contributed by atoms with Crippen LogP contribution < -0.4 is 0 Å². The molecule has 1 aliphatic heterocycles. The van der Waals surface area contributed by atoms with Crippen LogP contribution >= 0.6 is 0 Å². The molecule has 10 heavy (non-hydrogen) atoms. The molecule has 56 valence electrons. The maximum absolute atomic E-state index is 10.8. The predicted octanol–water partition coefficient (Wildman–Crippen LogP) is 0.943. The van der Waals surface area contributed by atoms with Crippen LogP contribution in [0.1, 0.15) is 19.8 Å². The summed E-state index contributed by atoms with van der Waals surface area (Å²) in [7, 11) is 0. The molecule has 0 aliphatic carbocycles. The zero-order chi connectivity index (χ0) is 7.56. The van der Waals surface area contributed by atoms with Crippen molar-refractivity contribution in [1.82, 2.24) is 5.06 Å². The van der Waals surface area contributed by atoms with Gasteiger partial charge in [0.1, 0.15) is 0 Å². The molecule has 0 aromatic rings. The molecule has 0 saturated carbocycles. The van der Waals surface area contributed by atoms with Crippen LogP contribution in [0.5, 0.6) is 0 Å². The van der Waals surface area contributed by atoms with E-state index in [1.165, 1.54) is 6.08 Å². The molecule has 1 rings (SSSR count). The molecule has 1 N–H and O–H groups in total. The van der Waals surface area contributed by atoms with Crippen LogP contribution in [0, 0.1) is 0 Å². The molecule has 1 heterocycles. The van der Waals surface area contributed by atoms with Gasteiger partial charge < -0.3 is 0 Å². The van der Waals surface area contributed by atoms with Gasteiger partial charge in [0.15, 0.2) is 0 Å². The molecule has 3 nitrogen and oxygen atoms in total. The summed E-state index contributed by atoms with van der Waals surface area (Å²) in [4.78, 5) is 10.8. The molecule has 0 bridgehead atoms. The third kappa shape index (κ3) is 1.19. The van der Waals surface area contributed by atoms with E-state index in [0.717, 1.165) is 17.9 Å². The summed E-state index contributed by atoms with van der Waals surface area (Å²) in [6.45, 7) is 1.94. The summed E-state index contributed by atoms with van der Waals surface area (Å²) in [6, 6.07) is -0.0162. The second-order valence-corrected chi connectivity index (χ2v) is 2.38. The van der Waals surface area contributed by atoms with Crippen LogP contribution in [0.3, 0.4) is 0 Å². The van der Waals surface area contributed by atoms with E-state index in [9.17, 15) is 4.79 Å². The first kappa shape index (κ1) is 7.28. The van der Waals surface area contributed by atoms with Crippen LogP contribution in [0.15, 0.2) is 12.2 Å². The first-order valence-corrected chi connectivity index (χ1v) is 3.44. The van der Waals surface area contributed by atoms with E-state index < -0.39 is 0 Å². The molecule has 1 aliphatic rings. The van der Waals surface area contributed by atoms with Crippen LogP contribution in [-0.4, -0.2) is 22.2 Å². The standard InChI is InChI=1S/C7H11NO2/c1-2-6-4-3-5-7(9)8(6)10/h3,5-6,10H,2,4H2,1H3. The Morgan fingerprint density at radius 3 is 3.10 bits per heavy atom. The number of carbonyl (C=O) groups is 1. The third-order valence-corrected chi connectivity index (χ3v) is 1.71. The van der Waals surface area contributed by atoms with E-state index in [0.29, 0.717) is 0 Å². The summed E-state index contributed by atoms with van der Waals surface area (Å²) in [5.74, 6) is -0.307. The minimum atomic E-state index is -0.307. The topological polar surface area (TPSA) is 40.5 Å². The van der Waals surface area contributed by atoms with Crippen molar-refractivity contribution in [2.24, 2.45) is 0 Å². The second kappa shape index (κ2) is 2.84. The van der Waals surface area contributed by atoms with E-state index in [1.807, 2.05) is 6.92 Å². The van der Waals surface area contributed by atoms with Crippen molar-refractivity contribution in [1.29, 1.82) is 0 Å². The van der Waals surface area contributed by atoms with Gasteiger partial charge in [-0.15, -0.1) is 0 Å². The summed E-state index contributed by atoms with van der Waals surface area (Å²) < 4.78 is 0. The van der Waals surface area contributed by atoms with E-state index in [1.54, 1.807) is 6.08 Å². The lowest BCUT2D eigenvalue weighted by Crippen LogP contribution is -2.38. The molecule has 1 amide bonds. The molecule has 1 unspecified atom stereocenters. The Hall–Kier alpha value is -0.830. The van der Waals surface area contributed by atoms with Crippen molar-refractivity contribution >= 4 is 5.91 Å². The van der Waals surface area contributed by atoms with Gasteiger partial charge in [0.05, 0.1) is 6.04 Å². The van der Waals surface area contributed by atoms with Gasteiger partial charge in [-0.2, -0.15) is 0 Å². The molecule has 0 radical (unpaired) electrons. The maximum atomic E-state index is 10.8. The van der Waals surface area contributed by atoms with Crippen molar-refractivity contribution in [3.8, 4) is 0 Å². The highest BCUT2D eigenvalue weighted by molar-refractivity contribution is 5.87. The van der Waals surface area contributed by atoms with E-state index in [4.69, 9.17) is 5.21 Å². The fraction of sp³-hybridized carbons (Fsp3) is 0.571. The molecule has 0 spiro atoms. The zero-order valence-corrected chi connectivity index (χ0v) is 5.95. The summed E-state index contributed by atoms with van der Waals surface area (Å²) in [5, 5.41) is 9.88. The predicted molar refractivity (Wildman–Crippen MR) is 36.5 cm³/mol. The van der Waals surface area contributed by atoms with E-state index in [-0.39, 0.29) is 11.9 Å². The lowest BCUT2D eigenvalue weighted by molar-refractivity contribution is -0.171. The largest absolute Gasteiger partial charge is 0.285 e. The highest BCUT2D eigenvalue weighted by Crippen LogP contribution is 2.12. The normalized spacial score (nSPS) is 25.6. The summed E-state index contributed by atoms with van der Waals surface area (Å²) in [6.07, 6.45) is 4.75. The average molecular weight is 141 g/mol. The van der Waals surface area contributed by atoms with Crippen molar-refractivity contribution in [3.05, 3.63) is 12.2 Å². The monoisotopic (exact) mass is 141 g/mol. The first-order valence-electron chi connectivity index (χ1n) is 3.44. The van der Waals surface area contributed by atoms with Crippen molar-refractivity contribution in [2.45, 2.75) is 25.8 Å². The number of hydrogen-bond acceptors (Lipinski definition) is 2. The fourth-order valence-electron chi connectivity index (χ4n) is 1.02. The molecule has 1 atom stereocenters. The van der Waals surface area contributed by atoms with Gasteiger partial charge in [0.25, 0.3) is 5.91 Å². The van der Waals surface area contributed by atoms with Crippen molar-refractivity contribution in [3.63, 3.8) is 0 Å². The van der Waals surface area contributed by atoms with Gasteiger partial charge in [0.2, 0.25) is 0 Å². The van der Waals surface area contributed by atoms with Gasteiger partial charge in [0, 0.05) is 6.08 Å². The lowest BCUT2D eigenvalue weighted by Gasteiger charge is -2.25. The maximum Gasteiger partial charge on any atom is 0.269 e. The van der Waals surface area contributed by atoms with Gasteiger partial charge in [-0.3, -0.25) is 10.0 Å². The first-order chi connectivity index (χ1) is 4.75. The minimum Gasteiger partial charge on any atom is -0.285 e. The second-order valence-electron chi connectivity index (χ2n) is 2.38. The number of hydroxylamine groups is 2. The van der Waals surface area contributed by atoms with Crippen LogP contribution in [0.4, 0.5) is 0 Å². The summed E-state index contributed by atoms with van der Waals surface area (Å²) in [5.41, 5.74) is 0. The lowest BCUT2D eigenvalue weighted by atomic mass is 10.1. The van der Waals surface area contributed by atoms with Crippen LogP contribution in [0.25, 0.3) is 0 Å². The molecular formula is C7H11NO2. The smallest absolute Gasteiger partial charge is 0.269 e. The molecule has 0 aromatic carbocycles. The highest BCUT2D eigenvalue weighted by Gasteiger charge is 2.20. The number of carbonyl (C=O) groups excluding carboxylic acids is 1. The van der Waals surface area contributed by atoms with Crippen LogP contribution in [-0.2, 0) is 4.79 Å². The SMILES string of the molecule is CCC1CC=CC(=O)N1O. The number of nitrogens with zero attached hydrogens (tertiary/aromatic N) is 1. The Balaban J connectivity index is 2.65. The van der Waals surface area contributed by atoms with E-state index >= 15 is 0 Å². The Kier molecular flexibility index (Phi) is 2.06. The molecule has 3 heteroatoms. The van der Waals surface area contributed by atoms with Gasteiger partial charge in [-0.05, 0) is 12.8 Å². The molecular weight excluding hydrogens is 130 g/mol. The minimum absolute atomic E-state index is 0.0162. The van der Waals surface area contributed by atoms with Gasteiger partial charge in [-0.1, -0.05) is 13.0 Å². The Bertz CT molecular complexity index is 165. The Morgan fingerprint density at radius 2 is 2.60 bits per heavy atom. The van der Waals surface area contributed by atoms with Gasteiger partial charge in [-0.25, -0.2) is 5.06 Å².